The Balaban J connectivity index is 1.47. The lowest BCUT2D eigenvalue weighted by Gasteiger charge is -2.27. The van der Waals surface area contributed by atoms with Gasteiger partial charge >= 0.3 is 5.00 Å². The molecule has 1 aliphatic rings. The average Bonchev–Trinajstić information content (AvgIpc) is 3.21. The minimum Gasteiger partial charge on any atom is -0.388 e. The van der Waals surface area contributed by atoms with Crippen LogP contribution in [-0.2, 0) is 9.53 Å². The third-order valence-electron chi connectivity index (χ3n) is 4.58. The van der Waals surface area contributed by atoms with Crippen LogP contribution in [0, 0.1) is 10.1 Å². The standard InChI is InChI=1S/C20H23N3O5S/c24-18(9-10-22-11-13-28-14-12-22)15-1-3-16(4-2-15)21-19(25)7-5-17-6-8-20(29-17)23(26)27/h1-8,18,24H,9-14H2,(H,21,25)/b7-5+. The molecule has 29 heavy (non-hydrogen) atoms. The number of amides is 1. The number of hydrogen-bond acceptors (Lipinski definition) is 7. The third-order valence-corrected chi connectivity index (χ3v) is 5.58. The molecule has 2 N–H and O–H groups in total. The van der Waals surface area contributed by atoms with Gasteiger partial charge in [-0.05, 0) is 36.3 Å². The molecule has 0 bridgehead atoms. The molecule has 2 heterocycles. The fourth-order valence-corrected chi connectivity index (χ4v) is 3.68. The summed E-state index contributed by atoms with van der Waals surface area (Å²) in [5.41, 5.74) is 1.42. The second kappa shape index (κ2) is 10.3. The van der Waals surface area contributed by atoms with E-state index >= 15 is 0 Å². The summed E-state index contributed by atoms with van der Waals surface area (Å²) in [6, 6.07) is 10.1. The number of nitrogens with one attached hydrogen (secondary N) is 1. The Morgan fingerprint density at radius 1 is 1.28 bits per heavy atom. The summed E-state index contributed by atoms with van der Waals surface area (Å²) in [5, 5.41) is 23.8. The first-order chi connectivity index (χ1) is 14.0. The monoisotopic (exact) mass is 417 g/mol. The number of thiophene rings is 1. The van der Waals surface area contributed by atoms with Crippen molar-refractivity contribution in [2.45, 2.75) is 12.5 Å². The average molecular weight is 417 g/mol. The number of carbonyl (C=O) groups excluding carboxylic acids is 1. The highest BCUT2D eigenvalue weighted by atomic mass is 32.1. The first-order valence-electron chi connectivity index (χ1n) is 9.33. The van der Waals surface area contributed by atoms with Gasteiger partial charge in [-0.25, -0.2) is 0 Å². The molecular formula is C20H23N3O5S. The lowest BCUT2D eigenvalue weighted by atomic mass is 10.1. The second-order valence-corrected chi connectivity index (χ2v) is 7.73. The van der Waals surface area contributed by atoms with Crippen LogP contribution in [0.5, 0.6) is 0 Å². The summed E-state index contributed by atoms with van der Waals surface area (Å²) < 4.78 is 5.32. The molecule has 0 radical (unpaired) electrons. The molecule has 2 aromatic rings. The number of aliphatic hydroxyl groups excluding tert-OH is 1. The van der Waals surface area contributed by atoms with Crippen LogP contribution in [0.15, 0.2) is 42.5 Å². The van der Waals surface area contributed by atoms with Gasteiger partial charge in [-0.15, -0.1) is 0 Å². The van der Waals surface area contributed by atoms with Crippen molar-refractivity contribution in [2.24, 2.45) is 0 Å². The Kier molecular flexibility index (Phi) is 7.48. The van der Waals surface area contributed by atoms with Gasteiger partial charge in [0.2, 0.25) is 5.91 Å². The Hall–Kier alpha value is -2.59. The van der Waals surface area contributed by atoms with Gasteiger partial charge in [0.15, 0.2) is 0 Å². The Bertz CT molecular complexity index is 859. The number of carbonyl (C=O) groups is 1. The fourth-order valence-electron chi connectivity index (χ4n) is 2.96. The number of ether oxygens (including phenoxy) is 1. The predicted octanol–water partition coefficient (Wildman–Crippen LogP) is 3.06. The largest absolute Gasteiger partial charge is 0.388 e. The maximum Gasteiger partial charge on any atom is 0.324 e. The van der Waals surface area contributed by atoms with E-state index in [-0.39, 0.29) is 10.9 Å². The van der Waals surface area contributed by atoms with E-state index in [9.17, 15) is 20.0 Å². The number of hydrogen-bond donors (Lipinski definition) is 2. The molecule has 3 rings (SSSR count). The van der Waals surface area contributed by atoms with Crippen LogP contribution in [-0.4, -0.2) is 53.7 Å². The fraction of sp³-hybridized carbons (Fsp3) is 0.350. The summed E-state index contributed by atoms with van der Waals surface area (Å²) in [6.07, 6.45) is 2.95. The number of aliphatic hydroxyl groups is 1. The summed E-state index contributed by atoms with van der Waals surface area (Å²) in [4.78, 5) is 25.2. The van der Waals surface area contributed by atoms with Gasteiger partial charge in [0, 0.05) is 42.3 Å². The molecule has 1 amide bonds. The summed E-state index contributed by atoms with van der Waals surface area (Å²) in [7, 11) is 0. The minimum atomic E-state index is -0.558. The lowest BCUT2D eigenvalue weighted by Crippen LogP contribution is -2.37. The summed E-state index contributed by atoms with van der Waals surface area (Å²) in [6.45, 7) is 4.08. The molecule has 0 aliphatic carbocycles. The highest BCUT2D eigenvalue weighted by Crippen LogP contribution is 2.25. The predicted molar refractivity (Wildman–Crippen MR) is 112 cm³/mol. The zero-order chi connectivity index (χ0) is 20.6. The van der Waals surface area contributed by atoms with E-state index in [1.54, 1.807) is 30.3 Å². The van der Waals surface area contributed by atoms with Gasteiger partial charge in [-0.3, -0.25) is 19.8 Å². The Labute approximate surface area is 172 Å². The van der Waals surface area contributed by atoms with Crippen molar-refractivity contribution in [1.82, 2.24) is 4.90 Å². The quantitative estimate of drug-likeness (QED) is 0.389. The van der Waals surface area contributed by atoms with Crippen LogP contribution in [0.3, 0.4) is 0 Å². The number of rotatable bonds is 8. The van der Waals surface area contributed by atoms with E-state index in [1.807, 2.05) is 0 Å². The van der Waals surface area contributed by atoms with Gasteiger partial charge < -0.3 is 15.2 Å². The van der Waals surface area contributed by atoms with Crippen molar-refractivity contribution in [3.05, 3.63) is 63.0 Å². The highest BCUT2D eigenvalue weighted by molar-refractivity contribution is 7.16. The van der Waals surface area contributed by atoms with Crippen LogP contribution in [0.25, 0.3) is 6.08 Å². The molecule has 1 fully saturated rings. The van der Waals surface area contributed by atoms with Crippen LogP contribution in [0.2, 0.25) is 0 Å². The number of benzene rings is 1. The van der Waals surface area contributed by atoms with Crippen LogP contribution >= 0.6 is 11.3 Å². The first kappa shape index (κ1) is 21.1. The van der Waals surface area contributed by atoms with Gasteiger partial charge in [-0.1, -0.05) is 23.5 Å². The molecule has 8 nitrogen and oxygen atoms in total. The van der Waals surface area contributed by atoms with Crippen molar-refractivity contribution in [3.8, 4) is 0 Å². The Morgan fingerprint density at radius 3 is 2.66 bits per heavy atom. The van der Waals surface area contributed by atoms with E-state index in [0.29, 0.717) is 17.0 Å². The highest BCUT2D eigenvalue weighted by Gasteiger charge is 2.14. The molecule has 9 heteroatoms. The van der Waals surface area contributed by atoms with Crippen LogP contribution in [0.1, 0.15) is 23.0 Å². The molecule has 0 saturated carbocycles. The van der Waals surface area contributed by atoms with Gasteiger partial charge in [0.05, 0.1) is 24.2 Å². The normalized spacial score (nSPS) is 16.0. The van der Waals surface area contributed by atoms with E-state index in [2.05, 4.69) is 10.2 Å². The molecule has 1 atom stereocenters. The molecule has 1 unspecified atom stereocenters. The van der Waals surface area contributed by atoms with Crippen molar-refractivity contribution in [2.75, 3.05) is 38.2 Å². The van der Waals surface area contributed by atoms with Gasteiger partial charge in [0.1, 0.15) is 0 Å². The van der Waals surface area contributed by atoms with Crippen molar-refractivity contribution >= 4 is 34.0 Å². The second-order valence-electron chi connectivity index (χ2n) is 6.64. The zero-order valence-corrected chi connectivity index (χ0v) is 16.6. The summed E-state index contributed by atoms with van der Waals surface area (Å²) in [5.74, 6) is -0.332. The molecule has 1 aliphatic heterocycles. The molecule has 0 spiro atoms. The van der Waals surface area contributed by atoms with Gasteiger partial charge in [-0.2, -0.15) is 0 Å². The van der Waals surface area contributed by atoms with E-state index < -0.39 is 11.0 Å². The molecule has 1 aromatic heterocycles. The lowest BCUT2D eigenvalue weighted by molar-refractivity contribution is -0.380. The van der Waals surface area contributed by atoms with Crippen LogP contribution < -0.4 is 5.32 Å². The number of morpholine rings is 1. The summed E-state index contributed by atoms with van der Waals surface area (Å²) >= 11 is 1.01. The first-order valence-corrected chi connectivity index (χ1v) is 10.1. The molecular weight excluding hydrogens is 394 g/mol. The minimum absolute atomic E-state index is 0.0350. The van der Waals surface area contributed by atoms with Crippen molar-refractivity contribution < 1.29 is 19.6 Å². The van der Waals surface area contributed by atoms with E-state index in [4.69, 9.17) is 4.74 Å². The maximum absolute atomic E-state index is 12.0. The zero-order valence-electron chi connectivity index (χ0n) is 15.8. The number of nitrogens with zero attached hydrogens (tertiary/aromatic N) is 2. The smallest absolute Gasteiger partial charge is 0.324 e. The Morgan fingerprint density at radius 2 is 2.00 bits per heavy atom. The number of nitro groups is 1. The van der Waals surface area contributed by atoms with E-state index in [0.717, 1.165) is 49.7 Å². The van der Waals surface area contributed by atoms with Gasteiger partial charge in [0.25, 0.3) is 0 Å². The topological polar surface area (TPSA) is 105 Å². The number of anilines is 1. The van der Waals surface area contributed by atoms with Crippen molar-refractivity contribution in [1.29, 1.82) is 0 Å². The van der Waals surface area contributed by atoms with Crippen LogP contribution in [0.4, 0.5) is 10.7 Å². The molecule has 154 valence electrons. The van der Waals surface area contributed by atoms with E-state index in [1.165, 1.54) is 18.2 Å². The maximum atomic E-state index is 12.0. The molecule has 1 aromatic carbocycles. The third kappa shape index (κ3) is 6.47. The SMILES string of the molecule is O=C(/C=C/c1ccc([N+](=O)[O-])s1)Nc1ccc(C(O)CCN2CCOCC2)cc1. The molecule has 1 saturated heterocycles. The van der Waals surface area contributed by atoms with Crippen molar-refractivity contribution in [3.63, 3.8) is 0 Å².